The lowest BCUT2D eigenvalue weighted by molar-refractivity contribution is -0.145. The molecular formula is C10H18O2. The Morgan fingerprint density at radius 2 is 1.83 bits per heavy atom. The highest BCUT2D eigenvalue weighted by Crippen LogP contribution is 2.08. The van der Waals surface area contributed by atoms with E-state index in [0.717, 1.165) is 0 Å². The van der Waals surface area contributed by atoms with Crippen molar-refractivity contribution in [2.75, 3.05) is 0 Å². The van der Waals surface area contributed by atoms with Gasteiger partial charge in [0.1, 0.15) is 6.10 Å². The molecule has 0 aliphatic rings. The number of ether oxygens (including phenoxy) is 1. The molecule has 0 bridgehead atoms. The number of rotatable bonds is 3. The van der Waals surface area contributed by atoms with Gasteiger partial charge in [0, 0.05) is 5.57 Å². The van der Waals surface area contributed by atoms with E-state index in [1.54, 1.807) is 13.0 Å². The van der Waals surface area contributed by atoms with Gasteiger partial charge in [-0.05, 0) is 26.7 Å². The van der Waals surface area contributed by atoms with Crippen molar-refractivity contribution in [3.8, 4) is 0 Å². The van der Waals surface area contributed by atoms with Crippen LogP contribution in [0.1, 0.15) is 34.6 Å². The summed E-state index contributed by atoms with van der Waals surface area (Å²) in [6, 6.07) is 0. The minimum absolute atomic E-state index is 0.00704. The average Bonchev–Trinajstić information content (AvgIpc) is 2.02. The Bertz CT molecular complexity index is 180. The topological polar surface area (TPSA) is 26.3 Å². The Balaban J connectivity index is 4.02. The summed E-state index contributed by atoms with van der Waals surface area (Å²) in [7, 11) is 0. The zero-order chi connectivity index (χ0) is 9.72. The van der Waals surface area contributed by atoms with Crippen LogP contribution < -0.4 is 0 Å². The van der Waals surface area contributed by atoms with E-state index in [9.17, 15) is 4.79 Å². The molecule has 2 nitrogen and oxygen atoms in total. The van der Waals surface area contributed by atoms with Crippen LogP contribution in [0.15, 0.2) is 11.6 Å². The summed E-state index contributed by atoms with van der Waals surface area (Å²) in [5, 5.41) is 0. The number of allylic oxidation sites excluding steroid dienone is 1. The highest BCUT2D eigenvalue weighted by Gasteiger charge is 2.13. The second-order valence-corrected chi connectivity index (χ2v) is 3.33. The Morgan fingerprint density at radius 1 is 1.33 bits per heavy atom. The Hall–Kier alpha value is -0.790. The van der Waals surface area contributed by atoms with Gasteiger partial charge in [0.25, 0.3) is 0 Å². The largest absolute Gasteiger partial charge is 0.459 e. The van der Waals surface area contributed by atoms with Gasteiger partial charge in [0.05, 0.1) is 0 Å². The van der Waals surface area contributed by atoms with Crippen molar-refractivity contribution in [2.24, 2.45) is 5.92 Å². The van der Waals surface area contributed by atoms with Gasteiger partial charge in [-0.2, -0.15) is 0 Å². The van der Waals surface area contributed by atoms with Gasteiger partial charge in [0.15, 0.2) is 0 Å². The quantitative estimate of drug-likeness (QED) is 0.480. The molecule has 12 heavy (non-hydrogen) atoms. The molecule has 0 fully saturated rings. The van der Waals surface area contributed by atoms with Crippen molar-refractivity contribution in [2.45, 2.75) is 40.7 Å². The van der Waals surface area contributed by atoms with Gasteiger partial charge in [0.2, 0.25) is 0 Å². The predicted octanol–water partition coefficient (Wildman–Crippen LogP) is 2.54. The predicted molar refractivity (Wildman–Crippen MR) is 49.8 cm³/mol. The van der Waals surface area contributed by atoms with Crippen LogP contribution in [0.3, 0.4) is 0 Å². The molecule has 0 spiro atoms. The monoisotopic (exact) mass is 170 g/mol. The Labute approximate surface area is 74.6 Å². The molecule has 0 aromatic carbocycles. The fraction of sp³-hybridized carbons (Fsp3) is 0.700. The first-order valence-electron chi connectivity index (χ1n) is 4.33. The van der Waals surface area contributed by atoms with E-state index in [1.165, 1.54) is 0 Å². The summed E-state index contributed by atoms with van der Waals surface area (Å²) in [4.78, 5) is 11.2. The second-order valence-electron chi connectivity index (χ2n) is 3.33. The smallest absolute Gasteiger partial charge is 0.333 e. The third-order valence-electron chi connectivity index (χ3n) is 1.99. The maximum atomic E-state index is 11.2. The highest BCUT2D eigenvalue weighted by molar-refractivity contribution is 5.87. The van der Waals surface area contributed by atoms with Crippen molar-refractivity contribution in [1.29, 1.82) is 0 Å². The number of hydrogen-bond acceptors (Lipinski definition) is 2. The zero-order valence-electron chi connectivity index (χ0n) is 8.55. The van der Waals surface area contributed by atoms with E-state index in [4.69, 9.17) is 4.74 Å². The fourth-order valence-electron chi connectivity index (χ4n) is 0.516. The second kappa shape index (κ2) is 4.96. The molecule has 0 aromatic rings. The highest BCUT2D eigenvalue weighted by atomic mass is 16.5. The number of carbonyl (C=O) groups excluding carboxylic acids is 1. The molecular weight excluding hydrogens is 152 g/mol. The molecule has 0 aromatic heterocycles. The van der Waals surface area contributed by atoms with Crippen LogP contribution in [0.4, 0.5) is 0 Å². The lowest BCUT2D eigenvalue weighted by Gasteiger charge is -2.16. The van der Waals surface area contributed by atoms with E-state index in [2.05, 4.69) is 0 Å². The van der Waals surface area contributed by atoms with Gasteiger partial charge >= 0.3 is 5.97 Å². The first kappa shape index (κ1) is 11.2. The molecule has 0 rings (SSSR count). The summed E-state index contributed by atoms with van der Waals surface area (Å²) in [5.41, 5.74) is 0.669. The molecule has 0 N–H and O–H groups in total. The van der Waals surface area contributed by atoms with E-state index in [1.807, 2.05) is 27.7 Å². The summed E-state index contributed by atoms with van der Waals surface area (Å²) in [6.07, 6.45) is 1.75. The van der Waals surface area contributed by atoms with Crippen LogP contribution in [0, 0.1) is 5.92 Å². The average molecular weight is 170 g/mol. The first-order chi connectivity index (χ1) is 5.49. The van der Waals surface area contributed by atoms with Crippen LogP contribution in [0.5, 0.6) is 0 Å². The van der Waals surface area contributed by atoms with Crippen LogP contribution in [0.25, 0.3) is 0 Å². The summed E-state index contributed by atoms with van der Waals surface area (Å²) < 4.78 is 5.16. The molecule has 0 amide bonds. The lowest BCUT2D eigenvalue weighted by Crippen LogP contribution is -2.20. The van der Waals surface area contributed by atoms with E-state index in [-0.39, 0.29) is 12.1 Å². The molecule has 0 heterocycles. The maximum absolute atomic E-state index is 11.2. The number of hydrogen-bond donors (Lipinski definition) is 0. The van der Waals surface area contributed by atoms with Crippen molar-refractivity contribution in [3.63, 3.8) is 0 Å². The fourth-order valence-corrected chi connectivity index (χ4v) is 0.516. The SMILES string of the molecule is C/C=C(\C)C(=O)OC(C)C(C)C. The van der Waals surface area contributed by atoms with Gasteiger partial charge in [-0.25, -0.2) is 4.79 Å². The molecule has 0 aliphatic heterocycles. The molecule has 0 saturated heterocycles. The van der Waals surface area contributed by atoms with Crippen LogP contribution in [0.2, 0.25) is 0 Å². The molecule has 0 radical (unpaired) electrons. The number of esters is 1. The zero-order valence-corrected chi connectivity index (χ0v) is 8.55. The molecule has 0 saturated carbocycles. The normalized spacial score (nSPS) is 14.7. The van der Waals surface area contributed by atoms with Gasteiger partial charge in [-0.15, -0.1) is 0 Å². The molecule has 1 unspecified atom stereocenters. The first-order valence-corrected chi connectivity index (χ1v) is 4.33. The third-order valence-corrected chi connectivity index (χ3v) is 1.99. The van der Waals surface area contributed by atoms with Gasteiger partial charge in [-0.3, -0.25) is 0 Å². The van der Waals surface area contributed by atoms with Gasteiger partial charge in [-0.1, -0.05) is 19.9 Å². The standard InChI is InChI=1S/C10H18O2/c1-6-8(4)10(11)12-9(5)7(2)3/h6-7,9H,1-5H3/b8-6+. The van der Waals surface area contributed by atoms with Crippen LogP contribution >= 0.6 is 0 Å². The van der Waals surface area contributed by atoms with E-state index in [0.29, 0.717) is 11.5 Å². The Morgan fingerprint density at radius 3 is 2.17 bits per heavy atom. The lowest BCUT2D eigenvalue weighted by atomic mass is 10.1. The molecule has 70 valence electrons. The molecule has 2 heteroatoms. The summed E-state index contributed by atoms with van der Waals surface area (Å²) in [5.74, 6) is 0.164. The van der Waals surface area contributed by atoms with E-state index < -0.39 is 0 Å². The maximum Gasteiger partial charge on any atom is 0.333 e. The van der Waals surface area contributed by atoms with Crippen molar-refractivity contribution < 1.29 is 9.53 Å². The third kappa shape index (κ3) is 3.56. The van der Waals surface area contributed by atoms with E-state index >= 15 is 0 Å². The van der Waals surface area contributed by atoms with Crippen molar-refractivity contribution in [3.05, 3.63) is 11.6 Å². The summed E-state index contributed by atoms with van der Waals surface area (Å²) in [6.45, 7) is 9.56. The minimum Gasteiger partial charge on any atom is -0.459 e. The van der Waals surface area contributed by atoms with Crippen molar-refractivity contribution in [1.82, 2.24) is 0 Å². The summed E-state index contributed by atoms with van der Waals surface area (Å²) >= 11 is 0. The van der Waals surface area contributed by atoms with Crippen LogP contribution in [-0.2, 0) is 9.53 Å². The minimum atomic E-state index is -0.210. The Kier molecular flexibility index (Phi) is 4.64. The van der Waals surface area contributed by atoms with Crippen molar-refractivity contribution >= 4 is 5.97 Å². The van der Waals surface area contributed by atoms with Crippen LogP contribution in [-0.4, -0.2) is 12.1 Å². The molecule has 1 atom stereocenters. The van der Waals surface area contributed by atoms with Gasteiger partial charge < -0.3 is 4.74 Å². The number of carbonyl (C=O) groups is 1. The molecule has 0 aliphatic carbocycles.